The number of rotatable bonds is 6. The zero-order chi connectivity index (χ0) is 13.9. The Balaban J connectivity index is 2.21. The summed E-state index contributed by atoms with van der Waals surface area (Å²) in [6.07, 6.45) is 3.39. The number of nitrogens with one attached hydrogen (secondary N) is 1. The Hall–Kier alpha value is -1.11. The van der Waals surface area contributed by atoms with Crippen LogP contribution in [-0.4, -0.2) is 22.1 Å². The van der Waals surface area contributed by atoms with Gasteiger partial charge >= 0.3 is 0 Å². The molecule has 0 radical (unpaired) electrons. The Morgan fingerprint density at radius 1 is 1.42 bits per heavy atom. The first-order chi connectivity index (χ1) is 9.06. The minimum atomic E-state index is -3.54. The Labute approximate surface area is 114 Å². The van der Waals surface area contributed by atoms with Crippen molar-refractivity contribution in [1.82, 2.24) is 4.72 Å². The van der Waals surface area contributed by atoms with E-state index in [1.165, 1.54) is 13.5 Å². The van der Waals surface area contributed by atoms with Crippen LogP contribution in [-0.2, 0) is 16.6 Å². The van der Waals surface area contributed by atoms with Gasteiger partial charge in [-0.05, 0) is 36.5 Å². The van der Waals surface area contributed by atoms with Gasteiger partial charge in [0.15, 0.2) is 0 Å². The van der Waals surface area contributed by atoms with Crippen LogP contribution >= 0.6 is 0 Å². The number of sulfonamides is 1. The van der Waals surface area contributed by atoms with Crippen LogP contribution in [0.4, 0.5) is 0 Å². The summed E-state index contributed by atoms with van der Waals surface area (Å²) in [7, 11) is -2.08. The van der Waals surface area contributed by atoms with E-state index < -0.39 is 10.0 Å². The van der Waals surface area contributed by atoms with Crippen LogP contribution in [0.15, 0.2) is 23.1 Å². The van der Waals surface area contributed by atoms with Crippen LogP contribution < -0.4 is 15.2 Å². The van der Waals surface area contributed by atoms with Crippen molar-refractivity contribution in [2.24, 2.45) is 11.7 Å². The van der Waals surface area contributed by atoms with Gasteiger partial charge in [0, 0.05) is 13.1 Å². The minimum absolute atomic E-state index is 0.164. The molecule has 0 amide bonds. The number of methoxy groups -OCH3 is 1. The van der Waals surface area contributed by atoms with Crippen LogP contribution in [0.1, 0.15) is 24.8 Å². The lowest BCUT2D eigenvalue weighted by molar-refractivity contribution is 0.316. The molecule has 0 aliphatic heterocycles. The highest BCUT2D eigenvalue weighted by Crippen LogP contribution is 2.28. The van der Waals surface area contributed by atoms with E-state index >= 15 is 0 Å². The summed E-state index contributed by atoms with van der Waals surface area (Å²) >= 11 is 0. The molecule has 1 fully saturated rings. The van der Waals surface area contributed by atoms with E-state index in [1.807, 2.05) is 0 Å². The van der Waals surface area contributed by atoms with Crippen LogP contribution in [0, 0.1) is 5.92 Å². The molecule has 1 saturated carbocycles. The van der Waals surface area contributed by atoms with Crippen LogP contribution in [0.2, 0.25) is 0 Å². The van der Waals surface area contributed by atoms with E-state index in [-0.39, 0.29) is 4.90 Å². The van der Waals surface area contributed by atoms with Crippen LogP contribution in [0.5, 0.6) is 5.75 Å². The Bertz CT molecular complexity index is 539. The summed E-state index contributed by atoms with van der Waals surface area (Å²) in [5.74, 6) is 0.816. The van der Waals surface area contributed by atoms with Gasteiger partial charge in [0.2, 0.25) is 10.0 Å². The summed E-state index contributed by atoms with van der Waals surface area (Å²) in [5, 5.41) is 0. The Morgan fingerprint density at radius 2 is 2.16 bits per heavy atom. The minimum Gasteiger partial charge on any atom is -0.495 e. The smallest absolute Gasteiger partial charge is 0.244 e. The van der Waals surface area contributed by atoms with Gasteiger partial charge < -0.3 is 10.5 Å². The topological polar surface area (TPSA) is 81.4 Å². The molecule has 1 aliphatic carbocycles. The van der Waals surface area contributed by atoms with Gasteiger partial charge in [0.05, 0.1) is 7.11 Å². The third kappa shape index (κ3) is 3.26. The molecule has 19 heavy (non-hydrogen) atoms. The van der Waals surface area contributed by atoms with E-state index in [4.69, 9.17) is 10.5 Å². The average Bonchev–Trinajstić information content (AvgIpc) is 2.36. The Morgan fingerprint density at radius 3 is 2.68 bits per heavy atom. The molecule has 106 valence electrons. The van der Waals surface area contributed by atoms with Crippen molar-refractivity contribution in [3.05, 3.63) is 23.8 Å². The van der Waals surface area contributed by atoms with Gasteiger partial charge in [-0.3, -0.25) is 0 Å². The SMILES string of the molecule is COc1ccc(CN)cc1S(=O)(=O)NCC1CCC1. The van der Waals surface area contributed by atoms with E-state index in [2.05, 4.69) is 4.72 Å². The lowest BCUT2D eigenvalue weighted by Crippen LogP contribution is -2.32. The van der Waals surface area contributed by atoms with Gasteiger partial charge in [-0.2, -0.15) is 0 Å². The molecule has 6 heteroatoms. The summed E-state index contributed by atoms with van der Waals surface area (Å²) in [6, 6.07) is 4.98. The molecule has 1 aromatic carbocycles. The quantitative estimate of drug-likeness (QED) is 0.823. The highest BCUT2D eigenvalue weighted by Gasteiger charge is 2.23. The van der Waals surface area contributed by atoms with Crippen molar-refractivity contribution >= 4 is 10.0 Å². The largest absolute Gasteiger partial charge is 0.495 e. The molecule has 3 N–H and O–H groups in total. The number of benzene rings is 1. The predicted molar refractivity (Wildman–Crippen MR) is 73.4 cm³/mol. The first-order valence-corrected chi connectivity index (χ1v) is 7.92. The van der Waals surface area contributed by atoms with Crippen molar-refractivity contribution in [2.75, 3.05) is 13.7 Å². The van der Waals surface area contributed by atoms with Crippen molar-refractivity contribution in [3.8, 4) is 5.75 Å². The highest BCUT2D eigenvalue weighted by molar-refractivity contribution is 7.89. The second-order valence-corrected chi connectivity index (χ2v) is 6.57. The molecule has 0 bridgehead atoms. The lowest BCUT2D eigenvalue weighted by atomic mass is 9.86. The summed E-state index contributed by atoms with van der Waals surface area (Å²) in [5.41, 5.74) is 6.32. The number of ether oxygens (including phenoxy) is 1. The first kappa shape index (κ1) is 14.3. The van der Waals surface area contributed by atoms with Crippen molar-refractivity contribution in [3.63, 3.8) is 0 Å². The third-order valence-electron chi connectivity index (χ3n) is 3.54. The van der Waals surface area contributed by atoms with E-state index in [0.717, 1.165) is 18.4 Å². The second kappa shape index (κ2) is 5.90. The van der Waals surface area contributed by atoms with Crippen molar-refractivity contribution < 1.29 is 13.2 Å². The van der Waals surface area contributed by atoms with Gasteiger partial charge in [-0.15, -0.1) is 0 Å². The zero-order valence-electron chi connectivity index (χ0n) is 11.1. The van der Waals surface area contributed by atoms with Crippen molar-refractivity contribution in [1.29, 1.82) is 0 Å². The maximum absolute atomic E-state index is 12.3. The van der Waals surface area contributed by atoms with Crippen LogP contribution in [0.25, 0.3) is 0 Å². The molecule has 1 aromatic rings. The monoisotopic (exact) mass is 284 g/mol. The van der Waals surface area contributed by atoms with Gasteiger partial charge in [0.25, 0.3) is 0 Å². The fourth-order valence-electron chi connectivity index (χ4n) is 2.06. The van der Waals surface area contributed by atoms with E-state index in [0.29, 0.717) is 24.8 Å². The summed E-state index contributed by atoms with van der Waals surface area (Å²) < 4.78 is 32.4. The maximum Gasteiger partial charge on any atom is 0.244 e. The van der Waals surface area contributed by atoms with Crippen LogP contribution in [0.3, 0.4) is 0 Å². The van der Waals surface area contributed by atoms with Gasteiger partial charge in [-0.25, -0.2) is 13.1 Å². The molecule has 0 saturated heterocycles. The molecule has 0 atom stereocenters. The molecule has 2 rings (SSSR count). The normalized spacial score (nSPS) is 16.1. The standard InChI is InChI=1S/C13H20N2O3S/c1-18-12-6-5-11(8-14)7-13(12)19(16,17)15-9-10-3-2-4-10/h5-7,10,15H,2-4,8-9,14H2,1H3. The van der Waals surface area contributed by atoms with E-state index in [1.54, 1.807) is 18.2 Å². The number of hydrogen-bond donors (Lipinski definition) is 2. The molecule has 1 aliphatic rings. The average molecular weight is 284 g/mol. The molecule has 0 aromatic heterocycles. The van der Waals surface area contributed by atoms with Gasteiger partial charge in [0.1, 0.15) is 10.6 Å². The molecule has 0 heterocycles. The molecular weight excluding hydrogens is 264 g/mol. The molecular formula is C13H20N2O3S. The zero-order valence-corrected chi connectivity index (χ0v) is 11.9. The first-order valence-electron chi connectivity index (χ1n) is 6.43. The fourth-order valence-corrected chi connectivity index (χ4v) is 3.39. The maximum atomic E-state index is 12.3. The van der Waals surface area contributed by atoms with Crippen molar-refractivity contribution in [2.45, 2.75) is 30.7 Å². The second-order valence-electron chi connectivity index (χ2n) is 4.84. The fraction of sp³-hybridized carbons (Fsp3) is 0.538. The Kier molecular flexibility index (Phi) is 4.44. The number of nitrogens with two attached hydrogens (primary N) is 1. The predicted octanol–water partition coefficient (Wildman–Crippen LogP) is 1.23. The molecule has 5 nitrogen and oxygen atoms in total. The summed E-state index contributed by atoms with van der Waals surface area (Å²) in [6.45, 7) is 0.799. The molecule has 0 spiro atoms. The highest BCUT2D eigenvalue weighted by atomic mass is 32.2. The molecule has 0 unspecified atom stereocenters. The van der Waals surface area contributed by atoms with Gasteiger partial charge in [-0.1, -0.05) is 12.5 Å². The lowest BCUT2D eigenvalue weighted by Gasteiger charge is -2.25. The third-order valence-corrected chi connectivity index (χ3v) is 4.98. The number of hydrogen-bond acceptors (Lipinski definition) is 4. The summed E-state index contributed by atoms with van der Waals surface area (Å²) in [4.78, 5) is 0.164. The van der Waals surface area contributed by atoms with E-state index in [9.17, 15) is 8.42 Å².